The van der Waals surface area contributed by atoms with E-state index in [2.05, 4.69) is 0 Å². The minimum Gasteiger partial charge on any atom is -0.493 e. The third-order valence-electron chi connectivity index (χ3n) is 4.07. The summed E-state index contributed by atoms with van der Waals surface area (Å²) in [6.45, 7) is 4.82. The summed E-state index contributed by atoms with van der Waals surface area (Å²) >= 11 is 0. The first-order chi connectivity index (χ1) is 13.7. The van der Waals surface area contributed by atoms with Crippen molar-refractivity contribution in [3.8, 4) is 11.5 Å². The molecule has 0 bridgehead atoms. The van der Waals surface area contributed by atoms with Gasteiger partial charge in [0.25, 0.3) is 5.79 Å². The van der Waals surface area contributed by atoms with E-state index in [1.807, 2.05) is 13.0 Å². The van der Waals surface area contributed by atoms with Crippen molar-refractivity contribution < 1.29 is 33.3 Å². The van der Waals surface area contributed by atoms with Gasteiger partial charge in [-0.15, -0.1) is 0 Å². The molecule has 0 saturated carbocycles. The lowest BCUT2D eigenvalue weighted by atomic mass is 10.1. The van der Waals surface area contributed by atoms with Crippen molar-refractivity contribution in [2.24, 2.45) is 0 Å². The fraction of sp³-hybridized carbons (Fsp3) is 0.227. The second-order valence-corrected chi connectivity index (χ2v) is 6.91. The summed E-state index contributed by atoms with van der Waals surface area (Å²) in [6.07, 6.45) is 1.33. The SMILES string of the molecule is COc1cc(C=C2C(=O)OC(C)(C)OC2=O)ccc1OC(=O)c1cccc(C)c1. The van der Waals surface area contributed by atoms with Crippen LogP contribution in [0.4, 0.5) is 0 Å². The predicted octanol–water partition coefficient (Wildman–Crippen LogP) is 3.44. The number of hydrogen-bond donors (Lipinski definition) is 0. The highest BCUT2D eigenvalue weighted by molar-refractivity contribution is 6.18. The van der Waals surface area contributed by atoms with Crippen molar-refractivity contribution in [1.82, 2.24) is 0 Å². The number of carbonyl (C=O) groups is 3. The summed E-state index contributed by atoms with van der Waals surface area (Å²) in [7, 11) is 1.42. The molecule has 150 valence electrons. The number of benzene rings is 2. The van der Waals surface area contributed by atoms with Gasteiger partial charge in [0.1, 0.15) is 5.57 Å². The minimum atomic E-state index is -1.31. The molecule has 3 rings (SSSR count). The van der Waals surface area contributed by atoms with Crippen molar-refractivity contribution in [2.45, 2.75) is 26.6 Å². The molecule has 7 heteroatoms. The summed E-state index contributed by atoms with van der Waals surface area (Å²) in [4.78, 5) is 36.5. The van der Waals surface area contributed by atoms with Crippen LogP contribution in [0, 0.1) is 6.92 Å². The van der Waals surface area contributed by atoms with Crippen LogP contribution in [-0.4, -0.2) is 30.8 Å². The second-order valence-electron chi connectivity index (χ2n) is 6.91. The Bertz CT molecular complexity index is 996. The fourth-order valence-electron chi connectivity index (χ4n) is 2.73. The molecule has 2 aromatic rings. The lowest BCUT2D eigenvalue weighted by molar-refractivity contribution is -0.222. The quantitative estimate of drug-likeness (QED) is 0.338. The highest BCUT2D eigenvalue weighted by atomic mass is 16.7. The summed E-state index contributed by atoms with van der Waals surface area (Å²) in [6, 6.07) is 11.6. The van der Waals surface area contributed by atoms with E-state index in [9.17, 15) is 14.4 Å². The summed E-state index contributed by atoms with van der Waals surface area (Å²) in [5, 5.41) is 0. The maximum absolute atomic E-state index is 12.4. The van der Waals surface area contributed by atoms with Crippen LogP contribution >= 0.6 is 0 Å². The van der Waals surface area contributed by atoms with E-state index < -0.39 is 23.7 Å². The third-order valence-corrected chi connectivity index (χ3v) is 4.07. The van der Waals surface area contributed by atoms with Crippen molar-refractivity contribution in [2.75, 3.05) is 7.11 Å². The fourth-order valence-corrected chi connectivity index (χ4v) is 2.73. The van der Waals surface area contributed by atoms with Crippen LogP contribution < -0.4 is 9.47 Å². The largest absolute Gasteiger partial charge is 0.493 e. The van der Waals surface area contributed by atoms with E-state index >= 15 is 0 Å². The molecule has 0 aliphatic carbocycles. The molecule has 2 aromatic carbocycles. The monoisotopic (exact) mass is 396 g/mol. The van der Waals surface area contributed by atoms with Gasteiger partial charge < -0.3 is 18.9 Å². The Morgan fingerprint density at radius 2 is 1.69 bits per heavy atom. The first-order valence-corrected chi connectivity index (χ1v) is 8.84. The van der Waals surface area contributed by atoms with E-state index in [-0.39, 0.29) is 17.1 Å². The Morgan fingerprint density at radius 3 is 2.31 bits per heavy atom. The maximum atomic E-state index is 12.4. The van der Waals surface area contributed by atoms with Gasteiger partial charge in [-0.1, -0.05) is 23.8 Å². The van der Waals surface area contributed by atoms with Crippen LogP contribution in [0.3, 0.4) is 0 Å². The lowest BCUT2D eigenvalue weighted by Crippen LogP contribution is -2.41. The Hall–Kier alpha value is -3.61. The number of hydrogen-bond acceptors (Lipinski definition) is 7. The van der Waals surface area contributed by atoms with Gasteiger partial charge in [0.05, 0.1) is 12.7 Å². The Morgan fingerprint density at radius 1 is 1.00 bits per heavy atom. The number of methoxy groups -OCH3 is 1. The molecular formula is C22H20O7. The molecule has 0 spiro atoms. The minimum absolute atomic E-state index is 0.205. The molecule has 0 N–H and O–H groups in total. The van der Waals surface area contributed by atoms with Gasteiger partial charge in [0.2, 0.25) is 0 Å². The number of carbonyl (C=O) groups excluding carboxylic acids is 3. The average Bonchev–Trinajstić information content (AvgIpc) is 2.65. The standard InChI is InChI=1S/C22H20O7/c1-13-6-5-7-15(10-13)19(23)27-17-9-8-14(12-18(17)26-4)11-16-20(24)28-22(2,3)29-21(16)25/h5-12H,1-4H3. The van der Waals surface area contributed by atoms with E-state index in [1.54, 1.807) is 24.3 Å². The molecule has 0 aromatic heterocycles. The normalized spacial score (nSPS) is 15.2. The van der Waals surface area contributed by atoms with Gasteiger partial charge in [-0.2, -0.15) is 0 Å². The first kappa shape index (κ1) is 20.1. The van der Waals surface area contributed by atoms with Crippen molar-refractivity contribution in [3.05, 3.63) is 64.7 Å². The topological polar surface area (TPSA) is 88.1 Å². The molecule has 0 unspecified atom stereocenters. The molecule has 0 radical (unpaired) electrons. The van der Waals surface area contributed by atoms with Crippen LogP contribution in [0.2, 0.25) is 0 Å². The average molecular weight is 396 g/mol. The molecular weight excluding hydrogens is 376 g/mol. The molecule has 1 aliphatic rings. The van der Waals surface area contributed by atoms with Crippen LogP contribution in [0.1, 0.15) is 35.3 Å². The van der Waals surface area contributed by atoms with E-state index in [0.717, 1.165) is 5.56 Å². The Balaban J connectivity index is 1.85. The number of cyclic esters (lactones) is 2. The first-order valence-electron chi connectivity index (χ1n) is 8.84. The van der Waals surface area contributed by atoms with Crippen molar-refractivity contribution in [3.63, 3.8) is 0 Å². The zero-order valence-electron chi connectivity index (χ0n) is 16.5. The van der Waals surface area contributed by atoms with Crippen LogP contribution in [0.5, 0.6) is 11.5 Å². The van der Waals surface area contributed by atoms with Gasteiger partial charge in [-0.25, -0.2) is 14.4 Å². The predicted molar refractivity (Wildman–Crippen MR) is 103 cm³/mol. The summed E-state index contributed by atoms with van der Waals surface area (Å²) < 4.78 is 20.8. The van der Waals surface area contributed by atoms with E-state index in [1.165, 1.54) is 39.2 Å². The highest BCUT2D eigenvalue weighted by Gasteiger charge is 2.38. The van der Waals surface area contributed by atoms with Crippen LogP contribution in [0.25, 0.3) is 6.08 Å². The number of esters is 3. The summed E-state index contributed by atoms with van der Waals surface area (Å²) in [5.74, 6) is -2.92. The highest BCUT2D eigenvalue weighted by Crippen LogP contribution is 2.31. The smallest absolute Gasteiger partial charge is 0.348 e. The molecule has 7 nitrogen and oxygen atoms in total. The maximum Gasteiger partial charge on any atom is 0.348 e. The molecule has 1 fully saturated rings. The van der Waals surface area contributed by atoms with Gasteiger partial charge in [0.15, 0.2) is 11.5 Å². The molecule has 0 amide bonds. The van der Waals surface area contributed by atoms with Gasteiger partial charge in [-0.05, 0) is 42.8 Å². The molecule has 0 atom stereocenters. The van der Waals surface area contributed by atoms with Crippen molar-refractivity contribution in [1.29, 1.82) is 0 Å². The van der Waals surface area contributed by atoms with E-state index in [4.69, 9.17) is 18.9 Å². The van der Waals surface area contributed by atoms with Crippen molar-refractivity contribution >= 4 is 24.0 Å². The zero-order valence-corrected chi connectivity index (χ0v) is 16.5. The zero-order chi connectivity index (χ0) is 21.2. The Labute approximate surface area is 167 Å². The molecule has 1 heterocycles. The number of ether oxygens (including phenoxy) is 4. The van der Waals surface area contributed by atoms with Crippen LogP contribution in [-0.2, 0) is 19.1 Å². The second kappa shape index (κ2) is 7.79. The molecule has 1 aliphatic heterocycles. The lowest BCUT2D eigenvalue weighted by Gasteiger charge is -2.29. The Kier molecular flexibility index (Phi) is 5.41. The molecule has 1 saturated heterocycles. The van der Waals surface area contributed by atoms with Gasteiger partial charge in [-0.3, -0.25) is 0 Å². The summed E-state index contributed by atoms with van der Waals surface area (Å²) in [5.41, 5.74) is 1.58. The van der Waals surface area contributed by atoms with E-state index in [0.29, 0.717) is 11.1 Å². The molecule has 29 heavy (non-hydrogen) atoms. The van der Waals surface area contributed by atoms with Gasteiger partial charge >= 0.3 is 17.9 Å². The third kappa shape index (κ3) is 4.63. The van der Waals surface area contributed by atoms with Crippen LogP contribution in [0.15, 0.2) is 48.0 Å². The number of rotatable bonds is 4. The van der Waals surface area contributed by atoms with Gasteiger partial charge in [0, 0.05) is 13.8 Å². The number of aryl methyl sites for hydroxylation is 1.